The molecule has 1 N–H and O–H groups in total. The number of aromatic nitrogens is 1. The van der Waals surface area contributed by atoms with Gasteiger partial charge in [0.25, 0.3) is 5.91 Å². The van der Waals surface area contributed by atoms with Crippen molar-refractivity contribution in [3.63, 3.8) is 0 Å². The number of fused-ring (bicyclic) bond motifs is 1. The van der Waals surface area contributed by atoms with Gasteiger partial charge in [0.2, 0.25) is 0 Å². The van der Waals surface area contributed by atoms with E-state index in [0.717, 1.165) is 5.52 Å². The average Bonchev–Trinajstić information content (AvgIpc) is 2.98. The molecule has 1 amide bonds. The molecule has 0 aliphatic rings. The number of anilines is 1. The van der Waals surface area contributed by atoms with Gasteiger partial charge < -0.3 is 14.5 Å². The van der Waals surface area contributed by atoms with Crippen molar-refractivity contribution >= 4 is 34.3 Å². The minimum absolute atomic E-state index is 0.130. The number of nitrogens with one attached hydrogen (secondary N) is 1. The summed E-state index contributed by atoms with van der Waals surface area (Å²) in [5, 5.41) is 3.23. The number of amides is 1. The topological polar surface area (TPSA) is 64.4 Å². The van der Waals surface area contributed by atoms with Crippen molar-refractivity contribution in [1.29, 1.82) is 0 Å². The Morgan fingerprint density at radius 1 is 1.29 bits per heavy atom. The Morgan fingerprint density at radius 3 is 2.83 bits per heavy atom. The van der Waals surface area contributed by atoms with Gasteiger partial charge in [-0.1, -0.05) is 37.6 Å². The summed E-state index contributed by atoms with van der Waals surface area (Å²) in [4.78, 5) is 16.4. The lowest BCUT2D eigenvalue weighted by Crippen LogP contribution is -2.20. The summed E-state index contributed by atoms with van der Waals surface area (Å²) in [6.07, 6.45) is 0. The van der Waals surface area contributed by atoms with Gasteiger partial charge >= 0.3 is 0 Å². The molecule has 3 aromatic rings. The van der Waals surface area contributed by atoms with Gasteiger partial charge in [0.15, 0.2) is 18.1 Å². The lowest BCUT2D eigenvalue weighted by Gasteiger charge is -2.08. The highest BCUT2D eigenvalue weighted by atomic mass is 35.5. The second-order valence-corrected chi connectivity index (χ2v) is 6.06. The van der Waals surface area contributed by atoms with E-state index in [1.807, 2.05) is 19.9 Å². The van der Waals surface area contributed by atoms with E-state index in [1.165, 1.54) is 0 Å². The van der Waals surface area contributed by atoms with Crippen molar-refractivity contribution in [3.05, 3.63) is 53.4 Å². The van der Waals surface area contributed by atoms with Crippen LogP contribution in [0.5, 0.6) is 5.75 Å². The van der Waals surface area contributed by atoms with Gasteiger partial charge in [-0.2, -0.15) is 0 Å². The number of halogens is 1. The van der Waals surface area contributed by atoms with E-state index >= 15 is 0 Å². The predicted octanol–water partition coefficient (Wildman–Crippen LogP) is 4.62. The number of hydrogen-bond donors (Lipinski definition) is 1. The normalized spacial score (nSPS) is 11.0. The molecule has 0 saturated heterocycles. The molecule has 1 aromatic heterocycles. The fraction of sp³-hybridized carbons (Fsp3) is 0.222. The Balaban J connectivity index is 1.65. The quantitative estimate of drug-likeness (QED) is 0.733. The van der Waals surface area contributed by atoms with Crippen LogP contribution >= 0.6 is 11.6 Å². The number of benzene rings is 2. The Kier molecular flexibility index (Phi) is 4.71. The number of carbonyl (C=O) groups excluding carboxylic acids is 1. The summed E-state index contributed by atoms with van der Waals surface area (Å²) >= 11 is 5.98. The first-order valence-electron chi connectivity index (χ1n) is 7.60. The largest absolute Gasteiger partial charge is 0.482 e. The summed E-state index contributed by atoms with van der Waals surface area (Å²) in [6, 6.07) is 12.4. The Morgan fingerprint density at radius 2 is 2.08 bits per heavy atom. The van der Waals surface area contributed by atoms with Crippen LogP contribution in [0.4, 0.5) is 5.69 Å². The van der Waals surface area contributed by atoms with Crippen LogP contribution in [0.1, 0.15) is 25.7 Å². The molecule has 6 heteroatoms. The van der Waals surface area contributed by atoms with Gasteiger partial charge in [-0.05, 0) is 24.3 Å². The summed E-state index contributed by atoms with van der Waals surface area (Å²) in [5.74, 6) is 1.08. The Bertz CT molecular complexity index is 874. The molecule has 5 nitrogen and oxygen atoms in total. The van der Waals surface area contributed by atoms with Crippen LogP contribution in [0.15, 0.2) is 46.9 Å². The monoisotopic (exact) mass is 344 g/mol. The summed E-state index contributed by atoms with van der Waals surface area (Å²) in [6.45, 7) is 3.90. The number of nitrogens with zero attached hydrogens (tertiary/aromatic N) is 1. The zero-order valence-electron chi connectivity index (χ0n) is 13.4. The first-order valence-corrected chi connectivity index (χ1v) is 7.98. The molecular formula is C18H17ClN2O3. The summed E-state index contributed by atoms with van der Waals surface area (Å²) in [7, 11) is 0. The van der Waals surface area contributed by atoms with E-state index in [9.17, 15) is 4.79 Å². The second kappa shape index (κ2) is 6.93. The maximum atomic E-state index is 12.0. The van der Waals surface area contributed by atoms with Crippen molar-refractivity contribution in [1.82, 2.24) is 4.98 Å². The van der Waals surface area contributed by atoms with E-state index in [1.54, 1.807) is 36.4 Å². The van der Waals surface area contributed by atoms with Crippen LogP contribution in [0.3, 0.4) is 0 Å². The molecule has 0 unspecified atom stereocenters. The zero-order chi connectivity index (χ0) is 17.1. The summed E-state index contributed by atoms with van der Waals surface area (Å²) < 4.78 is 11.1. The highest BCUT2D eigenvalue weighted by Crippen LogP contribution is 2.25. The molecule has 0 aliphatic heterocycles. The lowest BCUT2D eigenvalue weighted by atomic mass is 10.2. The maximum absolute atomic E-state index is 12.0. The minimum atomic E-state index is -0.280. The SMILES string of the molecule is CC(C)c1nc2ccc(NC(=O)COc3ccccc3Cl)cc2o1. The van der Waals surface area contributed by atoms with Crippen LogP contribution in [0.25, 0.3) is 11.1 Å². The van der Waals surface area contributed by atoms with E-state index < -0.39 is 0 Å². The number of rotatable bonds is 5. The molecule has 1 heterocycles. The first-order chi connectivity index (χ1) is 11.5. The van der Waals surface area contributed by atoms with E-state index in [0.29, 0.717) is 27.9 Å². The number of carbonyl (C=O) groups is 1. The third-order valence-corrected chi connectivity index (χ3v) is 3.69. The van der Waals surface area contributed by atoms with Crippen LogP contribution in [-0.4, -0.2) is 17.5 Å². The lowest BCUT2D eigenvalue weighted by molar-refractivity contribution is -0.118. The molecule has 0 radical (unpaired) electrons. The molecule has 0 fully saturated rings. The van der Waals surface area contributed by atoms with Crippen molar-refractivity contribution in [3.8, 4) is 5.75 Å². The Hall–Kier alpha value is -2.53. The van der Waals surface area contributed by atoms with Crippen LogP contribution in [0, 0.1) is 0 Å². The summed E-state index contributed by atoms with van der Waals surface area (Å²) in [5.41, 5.74) is 2.04. The molecule has 0 saturated carbocycles. The third kappa shape index (κ3) is 3.68. The third-order valence-electron chi connectivity index (χ3n) is 3.38. The molecule has 2 aromatic carbocycles. The van der Waals surface area contributed by atoms with Gasteiger partial charge in [0.05, 0.1) is 5.02 Å². The molecule has 0 spiro atoms. The smallest absolute Gasteiger partial charge is 0.262 e. The molecule has 24 heavy (non-hydrogen) atoms. The second-order valence-electron chi connectivity index (χ2n) is 5.66. The molecule has 0 atom stereocenters. The number of ether oxygens (including phenoxy) is 1. The fourth-order valence-electron chi connectivity index (χ4n) is 2.17. The molecular weight excluding hydrogens is 328 g/mol. The van der Waals surface area contributed by atoms with Gasteiger partial charge in [0, 0.05) is 17.7 Å². The van der Waals surface area contributed by atoms with Crippen LogP contribution in [-0.2, 0) is 4.79 Å². The molecule has 3 rings (SSSR count). The van der Waals surface area contributed by atoms with Crippen LogP contribution in [0.2, 0.25) is 5.02 Å². The maximum Gasteiger partial charge on any atom is 0.262 e. The van der Waals surface area contributed by atoms with E-state index in [2.05, 4.69) is 10.3 Å². The first kappa shape index (κ1) is 16.3. The number of oxazole rings is 1. The number of para-hydroxylation sites is 1. The zero-order valence-corrected chi connectivity index (χ0v) is 14.1. The van der Waals surface area contributed by atoms with E-state index in [4.69, 9.17) is 20.8 Å². The van der Waals surface area contributed by atoms with Gasteiger partial charge in [-0.3, -0.25) is 4.79 Å². The highest BCUT2D eigenvalue weighted by Gasteiger charge is 2.11. The van der Waals surface area contributed by atoms with Crippen molar-refractivity contribution < 1.29 is 13.9 Å². The molecule has 0 aliphatic carbocycles. The molecule has 0 bridgehead atoms. The van der Waals surface area contributed by atoms with Gasteiger partial charge in [-0.15, -0.1) is 0 Å². The van der Waals surface area contributed by atoms with Crippen LogP contribution < -0.4 is 10.1 Å². The molecule has 124 valence electrons. The van der Waals surface area contributed by atoms with Crippen molar-refractivity contribution in [2.75, 3.05) is 11.9 Å². The van der Waals surface area contributed by atoms with Crippen molar-refractivity contribution in [2.24, 2.45) is 0 Å². The number of hydrogen-bond acceptors (Lipinski definition) is 4. The van der Waals surface area contributed by atoms with E-state index in [-0.39, 0.29) is 18.4 Å². The standard InChI is InChI=1S/C18H17ClN2O3/c1-11(2)18-21-14-8-7-12(9-16(14)24-18)20-17(22)10-23-15-6-4-3-5-13(15)19/h3-9,11H,10H2,1-2H3,(H,20,22). The minimum Gasteiger partial charge on any atom is -0.482 e. The highest BCUT2D eigenvalue weighted by molar-refractivity contribution is 6.32. The van der Waals surface area contributed by atoms with Gasteiger partial charge in [-0.25, -0.2) is 4.98 Å². The van der Waals surface area contributed by atoms with Gasteiger partial charge in [0.1, 0.15) is 11.3 Å². The van der Waals surface area contributed by atoms with Crippen molar-refractivity contribution in [2.45, 2.75) is 19.8 Å². The predicted molar refractivity (Wildman–Crippen MR) is 93.7 cm³/mol. The Labute approximate surface area is 144 Å². The fourth-order valence-corrected chi connectivity index (χ4v) is 2.36. The average molecular weight is 345 g/mol.